The summed E-state index contributed by atoms with van der Waals surface area (Å²) in [4.78, 5) is 26.1. The molecule has 106 valence electrons. The number of nitrogens with zero attached hydrogens (tertiary/aromatic N) is 1. The number of halogens is 3. The zero-order valence-corrected chi connectivity index (χ0v) is 15.1. The van der Waals surface area contributed by atoms with Gasteiger partial charge in [-0.25, -0.2) is 0 Å². The molecule has 0 N–H and O–H groups in total. The fourth-order valence-corrected chi connectivity index (χ4v) is 3.72. The van der Waals surface area contributed by atoms with Crippen molar-refractivity contribution in [2.24, 2.45) is 0 Å². The Labute approximate surface area is 148 Å². The summed E-state index contributed by atoms with van der Waals surface area (Å²) >= 11 is 11.6. The van der Waals surface area contributed by atoms with Crippen molar-refractivity contribution >= 4 is 61.9 Å². The average Bonchev–Trinajstić information content (AvgIpc) is 2.68. The van der Waals surface area contributed by atoms with Crippen LogP contribution in [0.25, 0.3) is 0 Å². The quantitative estimate of drug-likeness (QED) is 0.473. The molecule has 0 radical (unpaired) electrons. The second-order valence-electron chi connectivity index (χ2n) is 4.59. The topological polar surface area (TPSA) is 37.4 Å². The molecule has 1 aliphatic heterocycles. The van der Waals surface area contributed by atoms with Crippen molar-refractivity contribution in [3.05, 3.63) is 66.2 Å². The number of carbonyl (C=O) groups is 2. The number of rotatable bonds is 2. The van der Waals surface area contributed by atoms with Gasteiger partial charge in [-0.05, 0) is 52.4 Å². The molecule has 0 atom stereocenters. The fourth-order valence-electron chi connectivity index (χ4n) is 2.26. The standard InChI is InChI=1S/C15H8BrClINO2/c16-9-5-4-8(11(17)6-9)7-19-14(20)10-2-1-3-12(18)13(10)15(19)21/h1-6H,7H2. The molecule has 0 saturated heterocycles. The highest BCUT2D eigenvalue weighted by Gasteiger charge is 2.37. The first-order valence-electron chi connectivity index (χ1n) is 6.07. The van der Waals surface area contributed by atoms with E-state index in [1.54, 1.807) is 24.3 Å². The number of amides is 2. The number of hydrogen-bond acceptors (Lipinski definition) is 2. The Balaban J connectivity index is 1.97. The van der Waals surface area contributed by atoms with Crippen LogP contribution >= 0.6 is 50.1 Å². The van der Waals surface area contributed by atoms with Crippen molar-refractivity contribution in [2.45, 2.75) is 6.54 Å². The van der Waals surface area contributed by atoms with Crippen molar-refractivity contribution < 1.29 is 9.59 Å². The molecule has 6 heteroatoms. The molecule has 2 aromatic rings. The van der Waals surface area contributed by atoms with Crippen LogP contribution in [-0.4, -0.2) is 16.7 Å². The lowest BCUT2D eigenvalue weighted by Crippen LogP contribution is -2.29. The molecule has 1 heterocycles. The normalized spacial score (nSPS) is 13.8. The van der Waals surface area contributed by atoms with Crippen molar-refractivity contribution in [3.8, 4) is 0 Å². The van der Waals surface area contributed by atoms with E-state index in [9.17, 15) is 9.59 Å². The Hall–Kier alpha value is -0.920. The molecule has 0 aliphatic carbocycles. The summed E-state index contributed by atoms with van der Waals surface area (Å²) in [6, 6.07) is 10.7. The van der Waals surface area contributed by atoms with Crippen LogP contribution in [0, 0.1) is 3.57 Å². The molecule has 2 amide bonds. The minimum Gasteiger partial charge on any atom is -0.270 e. The maximum absolute atomic E-state index is 12.5. The van der Waals surface area contributed by atoms with Gasteiger partial charge in [-0.2, -0.15) is 0 Å². The Morgan fingerprint density at radius 3 is 2.57 bits per heavy atom. The number of fused-ring (bicyclic) bond motifs is 1. The minimum absolute atomic E-state index is 0.175. The minimum atomic E-state index is -0.271. The molecule has 0 aromatic heterocycles. The third-order valence-corrected chi connectivity index (χ3v) is 5.04. The fraction of sp³-hybridized carbons (Fsp3) is 0.0667. The van der Waals surface area contributed by atoms with E-state index in [0.717, 1.165) is 13.6 Å². The van der Waals surface area contributed by atoms with E-state index >= 15 is 0 Å². The van der Waals surface area contributed by atoms with E-state index in [0.29, 0.717) is 16.1 Å². The Kier molecular flexibility index (Phi) is 4.07. The second kappa shape index (κ2) is 5.70. The molecule has 3 nitrogen and oxygen atoms in total. The molecule has 21 heavy (non-hydrogen) atoms. The first-order valence-corrected chi connectivity index (χ1v) is 8.32. The molecule has 0 unspecified atom stereocenters. The zero-order valence-electron chi connectivity index (χ0n) is 10.6. The first kappa shape index (κ1) is 15.0. The highest BCUT2D eigenvalue weighted by Crippen LogP contribution is 2.30. The predicted molar refractivity (Wildman–Crippen MR) is 92.5 cm³/mol. The van der Waals surface area contributed by atoms with E-state index in [1.165, 1.54) is 4.90 Å². The summed E-state index contributed by atoms with van der Waals surface area (Å²) < 4.78 is 1.64. The van der Waals surface area contributed by atoms with E-state index in [2.05, 4.69) is 38.5 Å². The van der Waals surface area contributed by atoms with Gasteiger partial charge in [0.25, 0.3) is 11.8 Å². The third-order valence-electron chi connectivity index (χ3n) is 3.29. The monoisotopic (exact) mass is 475 g/mol. The van der Waals surface area contributed by atoms with Crippen LogP contribution < -0.4 is 0 Å². The largest absolute Gasteiger partial charge is 0.270 e. The summed E-state index contributed by atoms with van der Waals surface area (Å²) in [5.74, 6) is -0.536. The molecule has 1 aliphatic rings. The average molecular weight is 476 g/mol. The molecule has 3 rings (SSSR count). The van der Waals surface area contributed by atoms with Gasteiger partial charge in [0.15, 0.2) is 0 Å². The van der Waals surface area contributed by atoms with Crippen LogP contribution in [0.4, 0.5) is 0 Å². The van der Waals surface area contributed by atoms with Crippen molar-refractivity contribution in [2.75, 3.05) is 0 Å². The van der Waals surface area contributed by atoms with Crippen molar-refractivity contribution in [3.63, 3.8) is 0 Å². The molecule has 0 bridgehead atoms. The SMILES string of the molecule is O=C1c2cccc(I)c2C(=O)N1Cc1ccc(Br)cc1Cl. The van der Waals surface area contributed by atoms with Gasteiger partial charge in [0.2, 0.25) is 0 Å². The third kappa shape index (κ3) is 2.62. The van der Waals surface area contributed by atoms with Gasteiger partial charge in [0.1, 0.15) is 0 Å². The predicted octanol–water partition coefficient (Wildman–Crippen LogP) is 4.50. The summed E-state index contributed by atoms with van der Waals surface area (Å²) in [5.41, 5.74) is 1.68. The van der Waals surface area contributed by atoms with Crippen LogP contribution in [0.1, 0.15) is 26.3 Å². The van der Waals surface area contributed by atoms with E-state index < -0.39 is 0 Å². The van der Waals surface area contributed by atoms with Crippen LogP contribution in [-0.2, 0) is 6.54 Å². The van der Waals surface area contributed by atoms with E-state index in [-0.39, 0.29) is 18.4 Å². The Morgan fingerprint density at radius 1 is 1.14 bits per heavy atom. The van der Waals surface area contributed by atoms with E-state index in [4.69, 9.17) is 11.6 Å². The number of imide groups is 1. The lowest BCUT2D eigenvalue weighted by Gasteiger charge is -2.15. The van der Waals surface area contributed by atoms with Gasteiger partial charge in [0.05, 0.1) is 17.7 Å². The molecule has 0 saturated carbocycles. The van der Waals surface area contributed by atoms with Gasteiger partial charge >= 0.3 is 0 Å². The summed E-state index contributed by atoms with van der Waals surface area (Å²) in [7, 11) is 0. The Bertz CT molecular complexity index is 778. The van der Waals surface area contributed by atoms with Crippen LogP contribution in [0.15, 0.2) is 40.9 Å². The number of carbonyl (C=O) groups excluding carboxylic acids is 2. The van der Waals surface area contributed by atoms with Gasteiger partial charge in [-0.15, -0.1) is 0 Å². The molecule has 0 fully saturated rings. The van der Waals surface area contributed by atoms with Crippen LogP contribution in [0.5, 0.6) is 0 Å². The van der Waals surface area contributed by atoms with Gasteiger partial charge in [-0.1, -0.05) is 39.7 Å². The second-order valence-corrected chi connectivity index (χ2v) is 7.08. The van der Waals surface area contributed by atoms with Crippen molar-refractivity contribution in [1.82, 2.24) is 4.90 Å². The molecule has 0 spiro atoms. The number of benzene rings is 2. The summed E-state index contributed by atoms with van der Waals surface area (Å²) in [5, 5.41) is 0.524. The first-order chi connectivity index (χ1) is 9.99. The summed E-state index contributed by atoms with van der Waals surface area (Å²) in [6.45, 7) is 0.175. The van der Waals surface area contributed by atoms with E-state index in [1.807, 2.05) is 12.1 Å². The lowest BCUT2D eigenvalue weighted by atomic mass is 10.1. The highest BCUT2D eigenvalue weighted by atomic mass is 127. The summed E-state index contributed by atoms with van der Waals surface area (Å²) in [6.07, 6.45) is 0. The maximum atomic E-state index is 12.5. The number of hydrogen-bond donors (Lipinski definition) is 0. The Morgan fingerprint density at radius 2 is 1.90 bits per heavy atom. The zero-order chi connectivity index (χ0) is 15.1. The molecular weight excluding hydrogens is 468 g/mol. The van der Waals surface area contributed by atoms with Crippen LogP contribution in [0.3, 0.4) is 0 Å². The molecule has 2 aromatic carbocycles. The van der Waals surface area contributed by atoms with Gasteiger partial charge in [-0.3, -0.25) is 14.5 Å². The van der Waals surface area contributed by atoms with Crippen LogP contribution in [0.2, 0.25) is 5.02 Å². The smallest absolute Gasteiger partial charge is 0.262 e. The van der Waals surface area contributed by atoms with Gasteiger partial charge in [0, 0.05) is 13.1 Å². The highest BCUT2D eigenvalue weighted by molar-refractivity contribution is 14.1. The lowest BCUT2D eigenvalue weighted by molar-refractivity contribution is 0.0642. The van der Waals surface area contributed by atoms with Gasteiger partial charge < -0.3 is 0 Å². The maximum Gasteiger partial charge on any atom is 0.262 e. The molecular formula is C15H8BrClINO2. The van der Waals surface area contributed by atoms with Crippen molar-refractivity contribution in [1.29, 1.82) is 0 Å².